The van der Waals surface area contributed by atoms with Gasteiger partial charge in [-0.1, -0.05) is 30.3 Å². The zero-order valence-corrected chi connectivity index (χ0v) is 21.6. The Balaban J connectivity index is 1.50. The van der Waals surface area contributed by atoms with Gasteiger partial charge in [0.15, 0.2) is 5.69 Å². The number of nitrogens with one attached hydrogen (secondary N) is 2. The second-order valence-corrected chi connectivity index (χ2v) is 9.19. The molecule has 0 radical (unpaired) electrons. The van der Waals surface area contributed by atoms with E-state index in [1.165, 1.54) is 4.90 Å². The second kappa shape index (κ2) is 10.5. The Labute approximate surface area is 215 Å². The predicted molar refractivity (Wildman–Crippen MR) is 144 cm³/mol. The predicted octanol–water partition coefficient (Wildman–Crippen LogP) is 3.97. The normalized spacial score (nSPS) is 10.7. The van der Waals surface area contributed by atoms with Gasteiger partial charge in [0.1, 0.15) is 0 Å². The molecule has 37 heavy (non-hydrogen) atoms. The summed E-state index contributed by atoms with van der Waals surface area (Å²) in [6.07, 6.45) is 0. The summed E-state index contributed by atoms with van der Waals surface area (Å²) in [6.45, 7) is 0.319. The van der Waals surface area contributed by atoms with Gasteiger partial charge in [0.2, 0.25) is 0 Å². The van der Waals surface area contributed by atoms with Gasteiger partial charge in [0.25, 0.3) is 11.8 Å². The number of rotatable bonds is 6. The van der Waals surface area contributed by atoms with E-state index in [0.717, 1.165) is 27.6 Å². The molecule has 9 heteroatoms. The Morgan fingerprint density at radius 2 is 1.49 bits per heavy atom. The van der Waals surface area contributed by atoms with E-state index in [9.17, 15) is 14.4 Å². The third-order valence-corrected chi connectivity index (χ3v) is 6.00. The lowest BCUT2D eigenvalue weighted by Gasteiger charge is -2.12. The number of aryl methyl sites for hydroxylation is 1. The number of hydrogen-bond acceptors (Lipinski definition) is 4. The molecular formula is C28H30N6O3. The molecule has 0 fully saturated rings. The molecule has 0 spiro atoms. The molecule has 0 aliphatic carbocycles. The number of carbonyl (C=O) groups is 3. The van der Waals surface area contributed by atoms with Crippen LogP contribution in [0.4, 0.5) is 10.5 Å². The Hall–Kier alpha value is -4.66. The molecule has 3 aromatic carbocycles. The lowest BCUT2D eigenvalue weighted by molar-refractivity contribution is 0.0827. The van der Waals surface area contributed by atoms with Gasteiger partial charge in [0.05, 0.1) is 5.52 Å². The molecule has 0 bridgehead atoms. The largest absolute Gasteiger partial charge is 0.347 e. The van der Waals surface area contributed by atoms with Gasteiger partial charge in [-0.15, -0.1) is 0 Å². The van der Waals surface area contributed by atoms with Crippen LogP contribution in [-0.2, 0) is 13.6 Å². The van der Waals surface area contributed by atoms with Gasteiger partial charge in [0, 0.05) is 58.4 Å². The van der Waals surface area contributed by atoms with E-state index < -0.39 is 0 Å². The maximum atomic E-state index is 13.1. The van der Waals surface area contributed by atoms with Crippen molar-refractivity contribution >= 4 is 34.4 Å². The number of anilines is 1. The van der Waals surface area contributed by atoms with E-state index in [1.54, 1.807) is 69.1 Å². The minimum atomic E-state index is -0.278. The summed E-state index contributed by atoms with van der Waals surface area (Å²) < 4.78 is 1.69. The highest BCUT2D eigenvalue weighted by Gasteiger charge is 2.17. The molecular weight excluding hydrogens is 468 g/mol. The highest BCUT2D eigenvalue weighted by Crippen LogP contribution is 2.27. The van der Waals surface area contributed by atoms with E-state index in [4.69, 9.17) is 0 Å². The first-order chi connectivity index (χ1) is 17.6. The van der Waals surface area contributed by atoms with Crippen molar-refractivity contribution in [3.8, 4) is 11.1 Å². The molecule has 0 saturated carbocycles. The third kappa shape index (κ3) is 5.61. The number of carbonyl (C=O) groups excluding carboxylic acids is 3. The minimum absolute atomic E-state index is 0.0545. The number of amides is 4. The fourth-order valence-corrected chi connectivity index (χ4v) is 3.88. The van der Waals surface area contributed by atoms with E-state index in [0.29, 0.717) is 23.5 Å². The van der Waals surface area contributed by atoms with Crippen molar-refractivity contribution in [2.45, 2.75) is 6.54 Å². The van der Waals surface area contributed by atoms with E-state index in [-0.39, 0.29) is 17.8 Å². The molecule has 4 amide bonds. The van der Waals surface area contributed by atoms with Crippen LogP contribution in [0.25, 0.3) is 22.0 Å². The summed E-state index contributed by atoms with van der Waals surface area (Å²) in [5, 5.41) is 10.9. The number of fused-ring (bicyclic) bond motifs is 1. The van der Waals surface area contributed by atoms with Gasteiger partial charge in [-0.2, -0.15) is 5.10 Å². The molecule has 190 valence electrons. The molecule has 0 saturated heterocycles. The van der Waals surface area contributed by atoms with Crippen molar-refractivity contribution in [2.24, 2.45) is 7.05 Å². The third-order valence-electron chi connectivity index (χ3n) is 6.00. The topological polar surface area (TPSA) is 99.6 Å². The van der Waals surface area contributed by atoms with Crippen LogP contribution in [0.3, 0.4) is 0 Å². The van der Waals surface area contributed by atoms with Gasteiger partial charge in [-0.3, -0.25) is 14.3 Å². The smallest absolute Gasteiger partial charge is 0.321 e. The molecule has 0 unspecified atom stereocenters. The SMILES string of the molecule is CN(C)C(=O)Nc1ccc(CNC(=O)c2nn(C)c3ccc(-c4ccc(C(=O)N(C)C)cc4)cc23)cc1. The lowest BCUT2D eigenvalue weighted by atomic mass is 10.0. The second-order valence-electron chi connectivity index (χ2n) is 9.19. The summed E-state index contributed by atoms with van der Waals surface area (Å²) in [4.78, 5) is 40.1. The minimum Gasteiger partial charge on any atom is -0.347 e. The van der Waals surface area contributed by atoms with Crippen LogP contribution in [-0.4, -0.2) is 65.6 Å². The van der Waals surface area contributed by atoms with Crippen LogP contribution in [0.2, 0.25) is 0 Å². The first kappa shape index (κ1) is 25.4. The molecule has 0 atom stereocenters. The molecule has 0 aliphatic rings. The van der Waals surface area contributed by atoms with Crippen molar-refractivity contribution in [3.05, 3.63) is 83.6 Å². The Kier molecular flexibility index (Phi) is 7.24. The lowest BCUT2D eigenvalue weighted by Crippen LogP contribution is -2.27. The van der Waals surface area contributed by atoms with Crippen LogP contribution in [0, 0.1) is 0 Å². The summed E-state index contributed by atoms with van der Waals surface area (Å²) in [5.41, 5.74) is 5.23. The standard InChI is InChI=1S/C28H30N6O3/c1-32(2)27(36)20-10-8-19(9-11-20)21-12-15-24-23(16-21)25(31-34(24)5)26(35)29-17-18-6-13-22(14-7-18)30-28(37)33(3)4/h6-16H,17H2,1-5H3,(H,29,35)(H,30,37). The average Bonchev–Trinajstić information content (AvgIpc) is 3.23. The van der Waals surface area contributed by atoms with Crippen molar-refractivity contribution < 1.29 is 14.4 Å². The van der Waals surface area contributed by atoms with Crippen LogP contribution in [0.1, 0.15) is 26.4 Å². The van der Waals surface area contributed by atoms with Crippen molar-refractivity contribution in [3.63, 3.8) is 0 Å². The summed E-state index contributed by atoms with van der Waals surface area (Å²) in [5.74, 6) is -0.333. The number of aromatic nitrogens is 2. The first-order valence-corrected chi connectivity index (χ1v) is 11.8. The molecule has 4 rings (SSSR count). The van der Waals surface area contributed by atoms with Crippen LogP contribution in [0.5, 0.6) is 0 Å². The Morgan fingerprint density at radius 1 is 0.838 bits per heavy atom. The van der Waals surface area contributed by atoms with Crippen molar-refractivity contribution in [1.82, 2.24) is 24.9 Å². The van der Waals surface area contributed by atoms with Gasteiger partial charge >= 0.3 is 6.03 Å². The molecule has 4 aromatic rings. The van der Waals surface area contributed by atoms with Crippen LogP contribution in [0.15, 0.2) is 66.7 Å². The number of benzene rings is 3. The number of hydrogen-bond donors (Lipinski definition) is 2. The van der Waals surface area contributed by atoms with E-state index in [1.807, 2.05) is 42.5 Å². The van der Waals surface area contributed by atoms with E-state index in [2.05, 4.69) is 15.7 Å². The summed E-state index contributed by atoms with van der Waals surface area (Å²) in [7, 11) is 8.60. The quantitative estimate of drug-likeness (QED) is 0.420. The van der Waals surface area contributed by atoms with Gasteiger partial charge < -0.3 is 20.4 Å². The summed E-state index contributed by atoms with van der Waals surface area (Å²) in [6, 6.07) is 20.4. The maximum Gasteiger partial charge on any atom is 0.321 e. The Bertz CT molecular complexity index is 1450. The highest BCUT2D eigenvalue weighted by atomic mass is 16.2. The molecule has 1 aromatic heterocycles. The fourth-order valence-electron chi connectivity index (χ4n) is 3.88. The average molecular weight is 499 g/mol. The number of nitrogens with zero attached hydrogens (tertiary/aromatic N) is 4. The molecule has 1 heterocycles. The monoisotopic (exact) mass is 498 g/mol. The zero-order chi connectivity index (χ0) is 26.7. The molecule has 0 aliphatic heterocycles. The van der Waals surface area contributed by atoms with Crippen molar-refractivity contribution in [1.29, 1.82) is 0 Å². The number of urea groups is 1. The molecule has 9 nitrogen and oxygen atoms in total. The zero-order valence-electron chi connectivity index (χ0n) is 21.6. The first-order valence-electron chi connectivity index (χ1n) is 11.8. The fraction of sp³-hybridized carbons (Fsp3) is 0.214. The van der Waals surface area contributed by atoms with E-state index >= 15 is 0 Å². The summed E-state index contributed by atoms with van der Waals surface area (Å²) >= 11 is 0. The maximum absolute atomic E-state index is 13.1. The van der Waals surface area contributed by atoms with Crippen molar-refractivity contribution in [2.75, 3.05) is 33.5 Å². The Morgan fingerprint density at radius 3 is 2.11 bits per heavy atom. The van der Waals surface area contributed by atoms with Gasteiger partial charge in [-0.25, -0.2) is 4.79 Å². The molecule has 2 N–H and O–H groups in total. The van der Waals surface area contributed by atoms with Crippen LogP contribution >= 0.6 is 0 Å². The van der Waals surface area contributed by atoms with Crippen LogP contribution < -0.4 is 10.6 Å². The van der Waals surface area contributed by atoms with Gasteiger partial charge in [-0.05, 0) is 53.1 Å². The highest BCUT2D eigenvalue weighted by molar-refractivity contribution is 6.06.